The molecule has 120 valence electrons. The standard InChI is InChI=1S/C16H23ClN4O/c1-18-12-16-19-14-11-13(17)3-4-15(14)21(16)6-2-5-20-7-9-22-10-8-20/h3-4,11,18H,2,5-10,12H2,1H3. The molecule has 1 aliphatic rings. The van der Waals surface area contributed by atoms with Crippen LogP contribution in [0.4, 0.5) is 0 Å². The van der Waals surface area contributed by atoms with E-state index in [-0.39, 0.29) is 0 Å². The summed E-state index contributed by atoms with van der Waals surface area (Å²) in [5.74, 6) is 1.07. The third-order valence-electron chi connectivity index (χ3n) is 4.08. The first-order chi connectivity index (χ1) is 10.8. The SMILES string of the molecule is CNCc1nc2cc(Cl)ccc2n1CCCN1CCOCC1. The molecule has 3 rings (SSSR count). The first-order valence-electron chi connectivity index (χ1n) is 7.87. The van der Waals surface area contributed by atoms with Crippen LogP contribution in [0.25, 0.3) is 11.0 Å². The zero-order chi connectivity index (χ0) is 15.4. The Balaban J connectivity index is 1.71. The van der Waals surface area contributed by atoms with Crippen molar-refractivity contribution in [3.05, 3.63) is 29.0 Å². The van der Waals surface area contributed by atoms with Crippen molar-refractivity contribution in [1.82, 2.24) is 19.8 Å². The summed E-state index contributed by atoms with van der Waals surface area (Å²) >= 11 is 6.08. The topological polar surface area (TPSA) is 42.3 Å². The van der Waals surface area contributed by atoms with Crippen LogP contribution in [0.2, 0.25) is 5.02 Å². The fourth-order valence-electron chi connectivity index (χ4n) is 2.97. The Hall–Kier alpha value is -1.14. The molecule has 0 aliphatic carbocycles. The molecule has 1 fully saturated rings. The van der Waals surface area contributed by atoms with Crippen LogP contribution in [0.5, 0.6) is 0 Å². The number of hydrogen-bond donors (Lipinski definition) is 1. The van der Waals surface area contributed by atoms with E-state index in [1.54, 1.807) is 0 Å². The Morgan fingerprint density at radius 1 is 1.27 bits per heavy atom. The predicted octanol–water partition coefficient (Wildman–Crippen LogP) is 2.13. The molecule has 0 atom stereocenters. The molecule has 0 amide bonds. The number of nitrogens with zero attached hydrogens (tertiary/aromatic N) is 3. The monoisotopic (exact) mass is 322 g/mol. The lowest BCUT2D eigenvalue weighted by atomic mass is 10.3. The van der Waals surface area contributed by atoms with Gasteiger partial charge in [-0.2, -0.15) is 0 Å². The second kappa shape index (κ2) is 7.42. The molecule has 1 aromatic carbocycles. The van der Waals surface area contributed by atoms with E-state index in [4.69, 9.17) is 21.3 Å². The Morgan fingerprint density at radius 2 is 2.09 bits per heavy atom. The highest BCUT2D eigenvalue weighted by molar-refractivity contribution is 6.31. The van der Waals surface area contributed by atoms with E-state index in [1.807, 2.05) is 19.2 Å². The smallest absolute Gasteiger partial charge is 0.123 e. The first kappa shape index (κ1) is 15.7. The van der Waals surface area contributed by atoms with Crippen molar-refractivity contribution in [3.8, 4) is 0 Å². The van der Waals surface area contributed by atoms with Crippen LogP contribution in [0.1, 0.15) is 12.2 Å². The van der Waals surface area contributed by atoms with Gasteiger partial charge in [0.15, 0.2) is 0 Å². The minimum atomic E-state index is 0.737. The largest absolute Gasteiger partial charge is 0.379 e. The summed E-state index contributed by atoms with van der Waals surface area (Å²) in [4.78, 5) is 7.18. The van der Waals surface area contributed by atoms with Gasteiger partial charge in [0, 0.05) is 31.2 Å². The van der Waals surface area contributed by atoms with E-state index in [0.29, 0.717) is 0 Å². The number of hydrogen-bond acceptors (Lipinski definition) is 4. The van der Waals surface area contributed by atoms with Crippen molar-refractivity contribution in [3.63, 3.8) is 0 Å². The highest BCUT2D eigenvalue weighted by Crippen LogP contribution is 2.21. The van der Waals surface area contributed by atoms with Crippen LogP contribution in [0.3, 0.4) is 0 Å². The summed E-state index contributed by atoms with van der Waals surface area (Å²) in [6, 6.07) is 5.94. The normalized spacial score (nSPS) is 16.5. The van der Waals surface area contributed by atoms with Crippen LogP contribution < -0.4 is 5.32 Å². The van der Waals surface area contributed by atoms with Crippen molar-refractivity contribution < 1.29 is 4.74 Å². The fourth-order valence-corrected chi connectivity index (χ4v) is 3.14. The molecule has 2 heterocycles. The second-order valence-electron chi connectivity index (χ2n) is 5.65. The first-order valence-corrected chi connectivity index (χ1v) is 8.25. The van der Waals surface area contributed by atoms with E-state index < -0.39 is 0 Å². The molecule has 0 bridgehead atoms. The fraction of sp³-hybridized carbons (Fsp3) is 0.562. The molecule has 22 heavy (non-hydrogen) atoms. The summed E-state index contributed by atoms with van der Waals surface area (Å²) in [7, 11) is 1.95. The van der Waals surface area contributed by atoms with E-state index in [0.717, 1.165) is 74.2 Å². The molecule has 1 aliphatic heterocycles. The predicted molar refractivity (Wildman–Crippen MR) is 89.4 cm³/mol. The van der Waals surface area contributed by atoms with Gasteiger partial charge in [0.1, 0.15) is 5.82 Å². The highest BCUT2D eigenvalue weighted by atomic mass is 35.5. The van der Waals surface area contributed by atoms with Crippen molar-refractivity contribution in [2.75, 3.05) is 39.9 Å². The third-order valence-corrected chi connectivity index (χ3v) is 4.32. The van der Waals surface area contributed by atoms with E-state index >= 15 is 0 Å². The molecule has 0 spiro atoms. The number of morpholine rings is 1. The van der Waals surface area contributed by atoms with Gasteiger partial charge in [0.25, 0.3) is 0 Å². The Bertz CT molecular complexity index is 622. The lowest BCUT2D eigenvalue weighted by molar-refractivity contribution is 0.0369. The zero-order valence-electron chi connectivity index (χ0n) is 13.0. The number of ether oxygens (including phenoxy) is 1. The molecule has 1 N–H and O–H groups in total. The van der Waals surface area contributed by atoms with Gasteiger partial charge in [-0.1, -0.05) is 11.6 Å². The molecular weight excluding hydrogens is 300 g/mol. The van der Waals surface area contributed by atoms with Gasteiger partial charge in [0.2, 0.25) is 0 Å². The van der Waals surface area contributed by atoms with Crippen LogP contribution >= 0.6 is 11.6 Å². The van der Waals surface area contributed by atoms with Gasteiger partial charge in [-0.3, -0.25) is 4.90 Å². The molecule has 5 nitrogen and oxygen atoms in total. The minimum Gasteiger partial charge on any atom is -0.379 e. The number of fused-ring (bicyclic) bond motifs is 1. The molecule has 6 heteroatoms. The van der Waals surface area contributed by atoms with Gasteiger partial charge < -0.3 is 14.6 Å². The molecule has 2 aromatic rings. The quantitative estimate of drug-likeness (QED) is 0.884. The molecule has 1 aromatic heterocycles. The zero-order valence-corrected chi connectivity index (χ0v) is 13.8. The van der Waals surface area contributed by atoms with Crippen molar-refractivity contribution in [1.29, 1.82) is 0 Å². The van der Waals surface area contributed by atoms with E-state index in [2.05, 4.69) is 20.9 Å². The third kappa shape index (κ3) is 3.60. The Kier molecular flexibility index (Phi) is 5.31. The summed E-state index contributed by atoms with van der Waals surface area (Å²) in [5.41, 5.74) is 2.14. The number of imidazole rings is 1. The minimum absolute atomic E-state index is 0.737. The Labute approximate surface area is 136 Å². The van der Waals surface area contributed by atoms with Gasteiger partial charge in [-0.15, -0.1) is 0 Å². The summed E-state index contributed by atoms with van der Waals surface area (Å²) in [6.45, 7) is 6.66. The van der Waals surface area contributed by atoms with Crippen molar-refractivity contribution in [2.45, 2.75) is 19.5 Å². The van der Waals surface area contributed by atoms with Crippen molar-refractivity contribution >= 4 is 22.6 Å². The number of halogens is 1. The summed E-state index contributed by atoms with van der Waals surface area (Å²) in [6.07, 6.45) is 1.12. The van der Waals surface area contributed by atoms with Crippen LogP contribution in [-0.2, 0) is 17.8 Å². The molecule has 1 saturated heterocycles. The number of rotatable bonds is 6. The lowest BCUT2D eigenvalue weighted by Gasteiger charge is -2.26. The van der Waals surface area contributed by atoms with Crippen LogP contribution in [0, 0.1) is 0 Å². The van der Waals surface area contributed by atoms with Crippen LogP contribution in [0.15, 0.2) is 18.2 Å². The molecule has 0 radical (unpaired) electrons. The number of aromatic nitrogens is 2. The van der Waals surface area contributed by atoms with Crippen molar-refractivity contribution in [2.24, 2.45) is 0 Å². The average molecular weight is 323 g/mol. The van der Waals surface area contributed by atoms with Gasteiger partial charge in [-0.25, -0.2) is 4.98 Å². The molecule has 0 saturated carbocycles. The Morgan fingerprint density at radius 3 is 2.86 bits per heavy atom. The second-order valence-corrected chi connectivity index (χ2v) is 6.09. The molecular formula is C16H23ClN4O. The number of nitrogens with one attached hydrogen (secondary N) is 1. The highest BCUT2D eigenvalue weighted by Gasteiger charge is 2.13. The summed E-state index contributed by atoms with van der Waals surface area (Å²) in [5, 5.41) is 3.93. The van der Waals surface area contributed by atoms with Gasteiger partial charge in [-0.05, 0) is 31.7 Å². The summed E-state index contributed by atoms with van der Waals surface area (Å²) < 4.78 is 7.70. The van der Waals surface area contributed by atoms with E-state index in [9.17, 15) is 0 Å². The van der Waals surface area contributed by atoms with Gasteiger partial charge in [0.05, 0.1) is 30.8 Å². The maximum Gasteiger partial charge on any atom is 0.123 e. The molecule has 0 unspecified atom stereocenters. The maximum absolute atomic E-state index is 6.08. The van der Waals surface area contributed by atoms with Gasteiger partial charge >= 0.3 is 0 Å². The van der Waals surface area contributed by atoms with Crippen LogP contribution in [-0.4, -0.2) is 54.3 Å². The maximum atomic E-state index is 6.08. The lowest BCUT2D eigenvalue weighted by Crippen LogP contribution is -2.37. The number of aryl methyl sites for hydroxylation is 1. The number of benzene rings is 1. The average Bonchev–Trinajstić information content (AvgIpc) is 2.85. The van der Waals surface area contributed by atoms with E-state index in [1.165, 1.54) is 0 Å².